The molecule has 21 heavy (non-hydrogen) atoms. The third-order valence-corrected chi connectivity index (χ3v) is 3.58. The lowest BCUT2D eigenvalue weighted by Gasteiger charge is -2.25. The first-order chi connectivity index (χ1) is 10.2. The molecule has 0 radical (unpaired) electrons. The highest BCUT2D eigenvalue weighted by Crippen LogP contribution is 2.21. The van der Waals surface area contributed by atoms with Crippen LogP contribution in [0.5, 0.6) is 0 Å². The molecule has 0 aliphatic carbocycles. The smallest absolute Gasteiger partial charge is 0.339 e. The second-order valence-electron chi connectivity index (χ2n) is 5.01. The molecule has 0 atom stereocenters. The lowest BCUT2D eigenvalue weighted by atomic mass is 10.1. The van der Waals surface area contributed by atoms with Crippen molar-refractivity contribution < 1.29 is 9.53 Å². The van der Waals surface area contributed by atoms with Crippen molar-refractivity contribution in [3.8, 4) is 11.5 Å². The molecular formula is C13H18N6O2. The number of H-pyrrole nitrogens is 1. The van der Waals surface area contributed by atoms with Crippen molar-refractivity contribution in [3.63, 3.8) is 0 Å². The summed E-state index contributed by atoms with van der Waals surface area (Å²) in [6, 6.07) is 1.11. The molecule has 3 N–H and O–H groups in total. The Kier molecular flexibility index (Phi) is 3.72. The summed E-state index contributed by atoms with van der Waals surface area (Å²) in [5, 5.41) is 4.11. The SMILES string of the molecule is COCCN1CCc2nc(-c3ccn(C(N)=O)n3)[nH]c2C1. The van der Waals surface area contributed by atoms with Crippen molar-refractivity contribution in [1.82, 2.24) is 24.6 Å². The third kappa shape index (κ3) is 2.81. The van der Waals surface area contributed by atoms with Crippen LogP contribution in [0, 0.1) is 0 Å². The number of amides is 1. The van der Waals surface area contributed by atoms with E-state index in [2.05, 4.69) is 20.0 Å². The van der Waals surface area contributed by atoms with Crippen molar-refractivity contribution in [2.75, 3.05) is 26.8 Å². The van der Waals surface area contributed by atoms with Gasteiger partial charge in [-0.25, -0.2) is 9.78 Å². The van der Waals surface area contributed by atoms with E-state index in [1.807, 2.05) is 0 Å². The Balaban J connectivity index is 1.78. The summed E-state index contributed by atoms with van der Waals surface area (Å²) in [5.41, 5.74) is 7.96. The van der Waals surface area contributed by atoms with Gasteiger partial charge in [-0.05, 0) is 6.07 Å². The second-order valence-corrected chi connectivity index (χ2v) is 5.01. The van der Waals surface area contributed by atoms with Gasteiger partial charge in [-0.15, -0.1) is 0 Å². The molecule has 1 amide bonds. The van der Waals surface area contributed by atoms with E-state index in [9.17, 15) is 4.79 Å². The highest BCUT2D eigenvalue weighted by atomic mass is 16.5. The minimum Gasteiger partial charge on any atom is -0.383 e. The van der Waals surface area contributed by atoms with E-state index in [0.717, 1.165) is 48.7 Å². The summed E-state index contributed by atoms with van der Waals surface area (Å²) in [6.07, 6.45) is 2.43. The number of nitrogens with zero attached hydrogens (tertiary/aromatic N) is 4. The lowest BCUT2D eigenvalue weighted by Crippen LogP contribution is -2.33. The van der Waals surface area contributed by atoms with Crippen LogP contribution in [0.2, 0.25) is 0 Å². The highest BCUT2D eigenvalue weighted by molar-refractivity contribution is 5.74. The summed E-state index contributed by atoms with van der Waals surface area (Å²) in [6.45, 7) is 3.42. The lowest BCUT2D eigenvalue weighted by molar-refractivity contribution is 0.139. The number of ether oxygens (including phenoxy) is 1. The average Bonchev–Trinajstić information content (AvgIpc) is 3.10. The predicted molar refractivity (Wildman–Crippen MR) is 75.6 cm³/mol. The molecule has 8 nitrogen and oxygen atoms in total. The van der Waals surface area contributed by atoms with Gasteiger partial charge in [0.1, 0.15) is 5.69 Å². The van der Waals surface area contributed by atoms with E-state index in [-0.39, 0.29) is 0 Å². The molecule has 2 aromatic rings. The van der Waals surface area contributed by atoms with E-state index in [1.54, 1.807) is 13.2 Å². The van der Waals surface area contributed by atoms with Gasteiger partial charge in [-0.3, -0.25) is 4.90 Å². The number of fused-ring (bicyclic) bond motifs is 1. The zero-order chi connectivity index (χ0) is 14.8. The Bertz CT molecular complexity index is 647. The molecular weight excluding hydrogens is 272 g/mol. The maximum Gasteiger partial charge on any atom is 0.339 e. The zero-order valence-corrected chi connectivity index (χ0v) is 11.9. The minimum atomic E-state index is -0.608. The van der Waals surface area contributed by atoms with Crippen LogP contribution in [-0.4, -0.2) is 57.5 Å². The number of aromatic nitrogens is 4. The number of methoxy groups -OCH3 is 1. The first-order valence-corrected chi connectivity index (χ1v) is 6.82. The molecule has 8 heteroatoms. The summed E-state index contributed by atoms with van der Waals surface area (Å²) in [5.74, 6) is 0.675. The Hall–Kier alpha value is -2.19. The first-order valence-electron chi connectivity index (χ1n) is 6.82. The van der Waals surface area contributed by atoms with Crippen LogP contribution in [0.3, 0.4) is 0 Å². The Morgan fingerprint density at radius 2 is 2.43 bits per heavy atom. The van der Waals surface area contributed by atoms with E-state index in [0.29, 0.717) is 11.5 Å². The van der Waals surface area contributed by atoms with Crippen molar-refractivity contribution in [2.24, 2.45) is 5.73 Å². The maximum atomic E-state index is 11.1. The summed E-state index contributed by atoms with van der Waals surface area (Å²) in [7, 11) is 1.71. The molecule has 112 valence electrons. The third-order valence-electron chi connectivity index (χ3n) is 3.58. The zero-order valence-electron chi connectivity index (χ0n) is 11.9. The molecule has 0 spiro atoms. The fourth-order valence-electron chi connectivity index (χ4n) is 2.46. The van der Waals surface area contributed by atoms with Crippen molar-refractivity contribution >= 4 is 6.03 Å². The van der Waals surface area contributed by atoms with E-state index < -0.39 is 6.03 Å². The number of nitrogens with two attached hydrogens (primary N) is 1. The largest absolute Gasteiger partial charge is 0.383 e. The molecule has 2 aromatic heterocycles. The maximum absolute atomic E-state index is 11.1. The number of rotatable bonds is 4. The molecule has 0 fully saturated rings. The predicted octanol–water partition coefficient (Wildman–Crippen LogP) is 0.205. The van der Waals surface area contributed by atoms with Crippen LogP contribution >= 0.6 is 0 Å². The molecule has 0 aromatic carbocycles. The monoisotopic (exact) mass is 290 g/mol. The molecule has 1 aliphatic rings. The standard InChI is InChI=1S/C13H18N6O2/c1-21-7-6-18-4-2-9-11(8-18)16-12(15-9)10-3-5-19(17-10)13(14)20/h3,5H,2,4,6-8H2,1H3,(H2,14,20)(H,15,16). The molecule has 0 saturated heterocycles. The highest BCUT2D eigenvalue weighted by Gasteiger charge is 2.21. The average molecular weight is 290 g/mol. The Morgan fingerprint density at radius 3 is 3.14 bits per heavy atom. The van der Waals surface area contributed by atoms with Gasteiger partial charge in [0.15, 0.2) is 5.82 Å². The number of hydrogen-bond donors (Lipinski definition) is 2. The topological polar surface area (TPSA) is 102 Å². The van der Waals surface area contributed by atoms with Crippen LogP contribution in [0.15, 0.2) is 12.3 Å². The quantitative estimate of drug-likeness (QED) is 0.837. The van der Waals surface area contributed by atoms with Crippen molar-refractivity contribution in [1.29, 1.82) is 0 Å². The van der Waals surface area contributed by atoms with Gasteiger partial charge in [0.05, 0.1) is 18.0 Å². The number of carbonyl (C=O) groups is 1. The molecule has 3 heterocycles. The number of hydrogen-bond acceptors (Lipinski definition) is 5. The van der Waals surface area contributed by atoms with Crippen LogP contribution in [0.4, 0.5) is 4.79 Å². The Labute approximate surface area is 121 Å². The van der Waals surface area contributed by atoms with Gasteiger partial charge in [0.25, 0.3) is 0 Å². The van der Waals surface area contributed by atoms with Gasteiger partial charge in [0.2, 0.25) is 0 Å². The number of aromatic amines is 1. The summed E-state index contributed by atoms with van der Waals surface area (Å²) < 4.78 is 6.21. The number of imidazole rings is 1. The molecule has 0 bridgehead atoms. The fraction of sp³-hybridized carbons (Fsp3) is 0.462. The molecule has 0 unspecified atom stereocenters. The summed E-state index contributed by atoms with van der Waals surface area (Å²) >= 11 is 0. The summed E-state index contributed by atoms with van der Waals surface area (Å²) in [4.78, 5) is 21.2. The fourth-order valence-corrected chi connectivity index (χ4v) is 2.46. The minimum absolute atomic E-state index is 0.608. The molecule has 1 aliphatic heterocycles. The van der Waals surface area contributed by atoms with Crippen LogP contribution < -0.4 is 5.73 Å². The second kappa shape index (κ2) is 5.66. The van der Waals surface area contributed by atoms with Gasteiger partial charge in [-0.2, -0.15) is 9.78 Å². The van der Waals surface area contributed by atoms with E-state index >= 15 is 0 Å². The number of carbonyl (C=O) groups excluding carboxylic acids is 1. The molecule has 0 saturated carbocycles. The first kappa shape index (κ1) is 13.8. The normalized spacial score (nSPS) is 15.1. The van der Waals surface area contributed by atoms with E-state index in [1.165, 1.54) is 6.20 Å². The Morgan fingerprint density at radius 1 is 1.57 bits per heavy atom. The van der Waals surface area contributed by atoms with Gasteiger partial charge >= 0.3 is 6.03 Å². The van der Waals surface area contributed by atoms with Gasteiger partial charge < -0.3 is 15.5 Å². The molecule has 3 rings (SSSR count). The number of primary amides is 1. The van der Waals surface area contributed by atoms with Gasteiger partial charge in [-0.1, -0.05) is 0 Å². The van der Waals surface area contributed by atoms with Crippen LogP contribution in [0.25, 0.3) is 11.5 Å². The van der Waals surface area contributed by atoms with Crippen LogP contribution in [-0.2, 0) is 17.7 Å². The van der Waals surface area contributed by atoms with Crippen LogP contribution in [0.1, 0.15) is 11.4 Å². The van der Waals surface area contributed by atoms with Crippen molar-refractivity contribution in [3.05, 3.63) is 23.7 Å². The number of nitrogens with one attached hydrogen (secondary N) is 1. The van der Waals surface area contributed by atoms with Gasteiger partial charge in [0, 0.05) is 39.4 Å². The van der Waals surface area contributed by atoms with E-state index in [4.69, 9.17) is 10.5 Å². The van der Waals surface area contributed by atoms with Crippen molar-refractivity contribution in [2.45, 2.75) is 13.0 Å².